The predicted octanol–water partition coefficient (Wildman–Crippen LogP) is 1.63. The molecule has 2 saturated heterocycles. The van der Waals surface area contributed by atoms with Gasteiger partial charge in [-0.3, -0.25) is 0 Å². The largest absolute Gasteiger partial charge is 0.373 e. The molecule has 3 atom stereocenters. The first kappa shape index (κ1) is 10.1. The molecule has 4 rings (SSSR count). The number of imidazole rings is 1. The minimum atomic E-state index is 0.439. The van der Waals surface area contributed by atoms with E-state index in [1.165, 1.54) is 37.8 Å². The van der Waals surface area contributed by atoms with Gasteiger partial charge in [0.25, 0.3) is 0 Å². The minimum absolute atomic E-state index is 0.439. The number of ether oxygens (including phenoxy) is 1. The summed E-state index contributed by atoms with van der Waals surface area (Å²) in [4.78, 5) is 4.32. The van der Waals surface area contributed by atoms with Crippen LogP contribution in [-0.4, -0.2) is 27.8 Å². The van der Waals surface area contributed by atoms with Crippen LogP contribution in [0, 0.1) is 0 Å². The molecule has 3 fully saturated rings. The third-order valence-electron chi connectivity index (χ3n) is 4.33. The van der Waals surface area contributed by atoms with Crippen LogP contribution >= 0.6 is 0 Å². The molecule has 2 bridgehead atoms. The summed E-state index contributed by atoms with van der Waals surface area (Å²) >= 11 is 0. The van der Waals surface area contributed by atoms with Crippen LogP contribution in [0.1, 0.15) is 43.8 Å². The van der Waals surface area contributed by atoms with Gasteiger partial charge in [0.2, 0.25) is 0 Å². The molecule has 3 heterocycles. The topological polar surface area (TPSA) is 39.1 Å². The third kappa shape index (κ3) is 1.79. The average molecular weight is 233 g/mol. The highest BCUT2D eigenvalue weighted by Gasteiger charge is 2.42. The van der Waals surface area contributed by atoms with Gasteiger partial charge >= 0.3 is 0 Å². The van der Waals surface area contributed by atoms with E-state index in [4.69, 9.17) is 4.74 Å². The van der Waals surface area contributed by atoms with Crippen LogP contribution in [0.25, 0.3) is 0 Å². The van der Waals surface area contributed by atoms with E-state index in [0.29, 0.717) is 18.2 Å². The molecular weight excluding hydrogens is 214 g/mol. The zero-order chi connectivity index (χ0) is 11.2. The van der Waals surface area contributed by atoms with Crippen LogP contribution in [0.15, 0.2) is 12.5 Å². The second-order valence-electron chi connectivity index (χ2n) is 5.62. The van der Waals surface area contributed by atoms with Crippen LogP contribution in [0.2, 0.25) is 0 Å². The molecule has 1 aromatic heterocycles. The van der Waals surface area contributed by atoms with Crippen LogP contribution in [0.5, 0.6) is 0 Å². The molecule has 0 radical (unpaired) electrons. The van der Waals surface area contributed by atoms with E-state index in [0.717, 1.165) is 12.6 Å². The summed E-state index contributed by atoms with van der Waals surface area (Å²) in [5, 5.41) is 3.57. The Labute approximate surface area is 101 Å². The first-order valence-corrected chi connectivity index (χ1v) is 6.80. The fourth-order valence-corrected chi connectivity index (χ4v) is 3.21. The van der Waals surface area contributed by atoms with Gasteiger partial charge in [0.15, 0.2) is 0 Å². The van der Waals surface area contributed by atoms with Crippen LogP contribution < -0.4 is 5.32 Å². The Hall–Kier alpha value is -0.870. The maximum atomic E-state index is 5.93. The lowest BCUT2D eigenvalue weighted by Gasteiger charge is -2.22. The Morgan fingerprint density at radius 1 is 1.35 bits per heavy atom. The van der Waals surface area contributed by atoms with Crippen molar-refractivity contribution >= 4 is 0 Å². The number of fused-ring (bicyclic) bond motifs is 2. The molecule has 3 aliphatic rings. The summed E-state index contributed by atoms with van der Waals surface area (Å²) in [5.74, 6) is 0. The summed E-state index contributed by atoms with van der Waals surface area (Å²) in [5.41, 5.74) is 1.32. The molecule has 92 valence electrons. The second kappa shape index (κ2) is 3.82. The number of hydrogen-bond acceptors (Lipinski definition) is 3. The summed E-state index contributed by atoms with van der Waals surface area (Å²) < 4.78 is 8.28. The highest BCUT2D eigenvalue weighted by atomic mass is 16.5. The molecule has 0 aromatic carbocycles. The van der Waals surface area contributed by atoms with Crippen molar-refractivity contribution in [1.29, 1.82) is 0 Å². The van der Waals surface area contributed by atoms with Gasteiger partial charge in [0, 0.05) is 18.8 Å². The van der Waals surface area contributed by atoms with Crippen molar-refractivity contribution in [1.82, 2.24) is 14.9 Å². The normalized spacial score (nSPS) is 35.6. The van der Waals surface area contributed by atoms with Crippen molar-refractivity contribution in [3.8, 4) is 0 Å². The Bertz CT molecular complexity index is 413. The summed E-state index contributed by atoms with van der Waals surface area (Å²) in [6.45, 7) is 0.957. The van der Waals surface area contributed by atoms with Crippen molar-refractivity contribution in [3.05, 3.63) is 18.2 Å². The van der Waals surface area contributed by atoms with Gasteiger partial charge in [-0.1, -0.05) is 0 Å². The average Bonchev–Trinajstić information content (AvgIpc) is 2.81. The number of rotatable bonds is 4. The number of nitrogens with one attached hydrogen (secondary N) is 1. The fraction of sp³-hybridized carbons (Fsp3) is 0.769. The van der Waals surface area contributed by atoms with Gasteiger partial charge in [0.05, 0.1) is 30.3 Å². The molecule has 1 aromatic rings. The Morgan fingerprint density at radius 2 is 2.29 bits per heavy atom. The van der Waals surface area contributed by atoms with Crippen molar-refractivity contribution in [2.24, 2.45) is 0 Å². The quantitative estimate of drug-likeness (QED) is 0.859. The van der Waals surface area contributed by atoms with Gasteiger partial charge in [-0.05, 0) is 32.1 Å². The predicted molar refractivity (Wildman–Crippen MR) is 63.6 cm³/mol. The zero-order valence-corrected chi connectivity index (χ0v) is 10.0. The lowest BCUT2D eigenvalue weighted by molar-refractivity contribution is 0.0934. The highest BCUT2D eigenvalue weighted by molar-refractivity contribution is 5.05. The van der Waals surface area contributed by atoms with Crippen molar-refractivity contribution in [2.45, 2.75) is 62.9 Å². The van der Waals surface area contributed by atoms with E-state index < -0.39 is 0 Å². The van der Waals surface area contributed by atoms with Gasteiger partial charge in [-0.2, -0.15) is 0 Å². The first-order chi connectivity index (χ1) is 8.40. The minimum Gasteiger partial charge on any atom is -0.373 e. The molecule has 17 heavy (non-hydrogen) atoms. The lowest BCUT2D eigenvalue weighted by Crippen LogP contribution is -2.24. The standard InChI is InChI=1S/C13H19N3O/c1-2-9(1)15-7-10-6-14-8-16(10)12-5-11-3-4-13(12)17-11/h6,8-9,11-13,15H,1-5,7H2. The summed E-state index contributed by atoms with van der Waals surface area (Å²) in [6.07, 6.45) is 11.3. The molecule has 1 saturated carbocycles. The molecule has 2 aliphatic heterocycles. The fourth-order valence-electron chi connectivity index (χ4n) is 3.21. The van der Waals surface area contributed by atoms with Crippen LogP contribution in [0.4, 0.5) is 0 Å². The summed E-state index contributed by atoms with van der Waals surface area (Å²) in [6, 6.07) is 1.29. The molecule has 3 unspecified atom stereocenters. The molecule has 0 spiro atoms. The lowest BCUT2D eigenvalue weighted by atomic mass is 9.95. The highest BCUT2D eigenvalue weighted by Crippen LogP contribution is 2.42. The second-order valence-corrected chi connectivity index (χ2v) is 5.62. The Balaban J connectivity index is 1.50. The van der Waals surface area contributed by atoms with E-state index in [1.807, 2.05) is 12.5 Å². The first-order valence-electron chi connectivity index (χ1n) is 6.80. The van der Waals surface area contributed by atoms with Crippen molar-refractivity contribution in [3.63, 3.8) is 0 Å². The third-order valence-corrected chi connectivity index (χ3v) is 4.33. The van der Waals surface area contributed by atoms with Gasteiger partial charge in [-0.15, -0.1) is 0 Å². The van der Waals surface area contributed by atoms with E-state index in [1.54, 1.807) is 0 Å². The van der Waals surface area contributed by atoms with Gasteiger partial charge in [0.1, 0.15) is 0 Å². The maximum Gasteiger partial charge on any atom is 0.0952 e. The molecule has 1 aliphatic carbocycles. The van der Waals surface area contributed by atoms with E-state index in [2.05, 4.69) is 14.9 Å². The molecule has 4 heteroatoms. The van der Waals surface area contributed by atoms with Crippen LogP contribution in [-0.2, 0) is 11.3 Å². The van der Waals surface area contributed by atoms with Crippen LogP contribution in [0.3, 0.4) is 0 Å². The number of hydrogen-bond donors (Lipinski definition) is 1. The molecular formula is C13H19N3O. The van der Waals surface area contributed by atoms with E-state index in [9.17, 15) is 0 Å². The zero-order valence-electron chi connectivity index (χ0n) is 10.0. The van der Waals surface area contributed by atoms with Crippen molar-refractivity contribution < 1.29 is 4.74 Å². The van der Waals surface area contributed by atoms with E-state index >= 15 is 0 Å². The smallest absolute Gasteiger partial charge is 0.0952 e. The maximum absolute atomic E-state index is 5.93. The Morgan fingerprint density at radius 3 is 3.00 bits per heavy atom. The van der Waals surface area contributed by atoms with Gasteiger partial charge < -0.3 is 14.6 Å². The Kier molecular flexibility index (Phi) is 2.27. The molecule has 0 amide bonds. The summed E-state index contributed by atoms with van der Waals surface area (Å²) in [7, 11) is 0. The molecule has 1 N–H and O–H groups in total. The van der Waals surface area contributed by atoms with E-state index in [-0.39, 0.29) is 0 Å². The number of aromatic nitrogens is 2. The van der Waals surface area contributed by atoms with Gasteiger partial charge in [-0.25, -0.2) is 4.98 Å². The molecule has 4 nitrogen and oxygen atoms in total. The van der Waals surface area contributed by atoms with Crippen molar-refractivity contribution in [2.75, 3.05) is 0 Å². The monoisotopic (exact) mass is 233 g/mol. The number of nitrogens with zero attached hydrogens (tertiary/aromatic N) is 2. The SMILES string of the molecule is c1ncn(C2CC3CCC2O3)c1CNC1CC1.